The van der Waals surface area contributed by atoms with Gasteiger partial charge in [0.1, 0.15) is 5.00 Å². The molecule has 0 spiro atoms. The molecule has 1 aliphatic heterocycles. The van der Waals surface area contributed by atoms with Gasteiger partial charge in [-0.15, -0.1) is 0 Å². The van der Waals surface area contributed by atoms with Crippen LogP contribution in [0, 0.1) is 0 Å². The topological polar surface area (TPSA) is 54.0 Å². The maximum atomic E-state index is 11.1. The number of carbonyl (C=O) groups excluding carboxylic acids is 1. The number of amides is 1. The van der Waals surface area contributed by atoms with E-state index in [2.05, 4.69) is 21.1 Å². The Morgan fingerprint density at radius 2 is 2.35 bits per heavy atom. The van der Waals surface area contributed by atoms with Crippen LogP contribution in [-0.2, 0) is 4.79 Å². The van der Waals surface area contributed by atoms with Crippen LogP contribution in [0.2, 0.25) is 0 Å². The molecular formula is C12H13N3OS. The van der Waals surface area contributed by atoms with E-state index >= 15 is 0 Å². The molecule has 3 rings (SSSR count). The lowest BCUT2D eigenvalue weighted by Gasteiger charge is -2.10. The highest BCUT2D eigenvalue weighted by molar-refractivity contribution is 7.11. The monoisotopic (exact) mass is 247 g/mol. The first kappa shape index (κ1) is 10.5. The van der Waals surface area contributed by atoms with E-state index in [-0.39, 0.29) is 11.9 Å². The third kappa shape index (κ3) is 2.10. The second-order valence-electron chi connectivity index (χ2n) is 4.21. The normalized spacial score (nSPS) is 19.5. The summed E-state index contributed by atoms with van der Waals surface area (Å²) in [6.07, 6.45) is 1.57. The Morgan fingerprint density at radius 3 is 3.18 bits per heavy atom. The maximum absolute atomic E-state index is 11.1. The van der Waals surface area contributed by atoms with Crippen LogP contribution in [0.15, 0.2) is 24.3 Å². The van der Waals surface area contributed by atoms with Crippen LogP contribution in [0.25, 0.3) is 10.9 Å². The van der Waals surface area contributed by atoms with E-state index in [1.165, 1.54) is 11.5 Å². The van der Waals surface area contributed by atoms with E-state index in [9.17, 15) is 4.79 Å². The number of aromatic nitrogens is 1. The standard InChI is InChI=1S/C12H13N3OS/c16-11-6-5-8(14-11)7-13-12-9-3-1-2-4-10(9)15-17-12/h1-4,8,13H,5-7H2,(H,14,16). The fraction of sp³-hybridized carbons (Fsp3) is 0.333. The minimum absolute atomic E-state index is 0.158. The van der Waals surface area contributed by atoms with Gasteiger partial charge >= 0.3 is 0 Å². The first-order chi connectivity index (χ1) is 8.33. The van der Waals surface area contributed by atoms with Crippen molar-refractivity contribution in [1.82, 2.24) is 9.69 Å². The molecule has 0 bridgehead atoms. The van der Waals surface area contributed by atoms with E-state index in [0.717, 1.165) is 28.9 Å². The summed E-state index contributed by atoms with van der Waals surface area (Å²) in [4.78, 5) is 11.1. The largest absolute Gasteiger partial charge is 0.373 e. The van der Waals surface area contributed by atoms with E-state index in [0.29, 0.717) is 6.42 Å². The molecule has 2 aromatic rings. The lowest BCUT2D eigenvalue weighted by molar-refractivity contribution is -0.119. The van der Waals surface area contributed by atoms with Crippen molar-refractivity contribution >= 4 is 33.3 Å². The van der Waals surface area contributed by atoms with Crippen molar-refractivity contribution in [2.75, 3.05) is 11.9 Å². The highest BCUT2D eigenvalue weighted by Crippen LogP contribution is 2.27. The predicted octanol–water partition coefficient (Wildman–Crippen LogP) is 1.99. The molecule has 1 aromatic heterocycles. The second kappa shape index (κ2) is 4.33. The van der Waals surface area contributed by atoms with Crippen LogP contribution in [-0.4, -0.2) is 22.9 Å². The van der Waals surface area contributed by atoms with Gasteiger partial charge in [0, 0.05) is 24.4 Å². The average molecular weight is 247 g/mol. The molecule has 1 aromatic carbocycles. The lowest BCUT2D eigenvalue weighted by atomic mass is 10.2. The molecule has 1 fully saturated rings. The van der Waals surface area contributed by atoms with Crippen LogP contribution >= 0.6 is 11.5 Å². The molecule has 4 nitrogen and oxygen atoms in total. The number of nitrogens with zero attached hydrogens (tertiary/aromatic N) is 1. The molecule has 2 heterocycles. The van der Waals surface area contributed by atoms with Gasteiger partial charge in [0.05, 0.1) is 5.52 Å². The molecule has 5 heteroatoms. The Bertz CT molecular complexity index is 551. The molecule has 0 radical (unpaired) electrons. The molecule has 17 heavy (non-hydrogen) atoms. The van der Waals surface area contributed by atoms with Crippen molar-refractivity contribution in [2.45, 2.75) is 18.9 Å². The van der Waals surface area contributed by atoms with E-state index in [1.54, 1.807) is 0 Å². The zero-order chi connectivity index (χ0) is 11.7. The Morgan fingerprint density at radius 1 is 1.47 bits per heavy atom. The SMILES string of the molecule is O=C1CCC(CNc2snc3ccccc23)N1. The molecule has 0 saturated carbocycles. The summed E-state index contributed by atoms with van der Waals surface area (Å²) >= 11 is 1.47. The summed E-state index contributed by atoms with van der Waals surface area (Å²) in [5.74, 6) is 0.158. The summed E-state index contributed by atoms with van der Waals surface area (Å²) in [6, 6.07) is 8.33. The van der Waals surface area contributed by atoms with E-state index < -0.39 is 0 Å². The molecule has 1 atom stereocenters. The van der Waals surface area contributed by atoms with Gasteiger partial charge < -0.3 is 10.6 Å². The summed E-state index contributed by atoms with van der Waals surface area (Å²) in [6.45, 7) is 0.776. The maximum Gasteiger partial charge on any atom is 0.220 e. The van der Waals surface area contributed by atoms with Crippen molar-refractivity contribution in [1.29, 1.82) is 0 Å². The first-order valence-corrected chi connectivity index (χ1v) is 6.48. The zero-order valence-corrected chi connectivity index (χ0v) is 10.1. The van der Waals surface area contributed by atoms with Gasteiger partial charge in [-0.05, 0) is 30.1 Å². The van der Waals surface area contributed by atoms with Crippen molar-refractivity contribution in [3.05, 3.63) is 24.3 Å². The van der Waals surface area contributed by atoms with Gasteiger partial charge in [-0.25, -0.2) is 0 Å². The van der Waals surface area contributed by atoms with E-state index in [4.69, 9.17) is 0 Å². The third-order valence-electron chi connectivity index (χ3n) is 2.98. The van der Waals surface area contributed by atoms with Crippen molar-refractivity contribution in [3.63, 3.8) is 0 Å². The van der Waals surface area contributed by atoms with Gasteiger partial charge in [-0.1, -0.05) is 12.1 Å². The summed E-state index contributed by atoms with van der Waals surface area (Å²) < 4.78 is 4.37. The van der Waals surface area contributed by atoms with Crippen LogP contribution in [0.1, 0.15) is 12.8 Å². The molecule has 88 valence electrons. The van der Waals surface area contributed by atoms with Gasteiger partial charge in [-0.3, -0.25) is 4.79 Å². The minimum atomic E-state index is 0.158. The Labute approximate surface area is 103 Å². The summed E-state index contributed by atoms with van der Waals surface area (Å²) in [5, 5.41) is 8.56. The quantitative estimate of drug-likeness (QED) is 0.872. The first-order valence-electron chi connectivity index (χ1n) is 5.70. The second-order valence-corrected chi connectivity index (χ2v) is 4.99. The molecule has 2 N–H and O–H groups in total. The minimum Gasteiger partial charge on any atom is -0.373 e. The molecule has 1 saturated heterocycles. The van der Waals surface area contributed by atoms with Crippen LogP contribution < -0.4 is 10.6 Å². The zero-order valence-electron chi connectivity index (χ0n) is 9.27. The number of hydrogen-bond donors (Lipinski definition) is 2. The number of rotatable bonds is 3. The van der Waals surface area contributed by atoms with Crippen LogP contribution in [0.5, 0.6) is 0 Å². The van der Waals surface area contributed by atoms with Crippen LogP contribution in [0.3, 0.4) is 0 Å². The highest BCUT2D eigenvalue weighted by atomic mass is 32.1. The van der Waals surface area contributed by atoms with E-state index in [1.807, 2.05) is 18.2 Å². The summed E-state index contributed by atoms with van der Waals surface area (Å²) in [7, 11) is 0. The van der Waals surface area contributed by atoms with Gasteiger partial charge in [0.15, 0.2) is 0 Å². The number of carbonyl (C=O) groups is 1. The molecule has 1 unspecified atom stereocenters. The van der Waals surface area contributed by atoms with Gasteiger partial charge in [-0.2, -0.15) is 4.37 Å². The Hall–Kier alpha value is -1.62. The third-order valence-corrected chi connectivity index (χ3v) is 3.81. The fourth-order valence-corrected chi connectivity index (χ4v) is 2.83. The fourth-order valence-electron chi connectivity index (χ4n) is 2.06. The highest BCUT2D eigenvalue weighted by Gasteiger charge is 2.20. The number of anilines is 1. The van der Waals surface area contributed by atoms with Crippen LogP contribution in [0.4, 0.5) is 5.00 Å². The summed E-state index contributed by atoms with van der Waals surface area (Å²) in [5.41, 5.74) is 1.02. The van der Waals surface area contributed by atoms with Crippen molar-refractivity contribution in [3.8, 4) is 0 Å². The van der Waals surface area contributed by atoms with Crippen molar-refractivity contribution in [2.24, 2.45) is 0 Å². The lowest BCUT2D eigenvalue weighted by Crippen LogP contribution is -2.31. The van der Waals surface area contributed by atoms with Gasteiger partial charge in [0.2, 0.25) is 5.91 Å². The number of hydrogen-bond acceptors (Lipinski definition) is 4. The number of fused-ring (bicyclic) bond motifs is 1. The number of benzene rings is 1. The Kier molecular flexibility index (Phi) is 2.68. The molecule has 1 amide bonds. The van der Waals surface area contributed by atoms with Crippen molar-refractivity contribution < 1.29 is 4.79 Å². The molecular weight excluding hydrogens is 234 g/mol. The van der Waals surface area contributed by atoms with Gasteiger partial charge in [0.25, 0.3) is 0 Å². The Balaban J connectivity index is 1.71. The smallest absolute Gasteiger partial charge is 0.220 e. The molecule has 1 aliphatic rings. The predicted molar refractivity (Wildman–Crippen MR) is 69.3 cm³/mol. The molecule has 0 aliphatic carbocycles. The average Bonchev–Trinajstić information content (AvgIpc) is 2.93. The number of nitrogens with one attached hydrogen (secondary N) is 2.